The predicted molar refractivity (Wildman–Crippen MR) is 73.1 cm³/mol. The van der Waals surface area contributed by atoms with Gasteiger partial charge in [0.2, 0.25) is 0 Å². The van der Waals surface area contributed by atoms with Crippen LogP contribution in [0.15, 0.2) is 40.9 Å². The molecule has 2 aromatic rings. The van der Waals surface area contributed by atoms with Crippen LogP contribution in [0.1, 0.15) is 21.5 Å². The number of carbonyl (C=O) groups excluding carboxylic acids is 1. The van der Waals surface area contributed by atoms with Gasteiger partial charge in [0.1, 0.15) is 5.82 Å². The number of anilines is 1. The second-order valence-corrected chi connectivity index (χ2v) is 4.88. The van der Waals surface area contributed by atoms with Crippen LogP contribution in [0.5, 0.6) is 0 Å². The van der Waals surface area contributed by atoms with Crippen LogP contribution < -0.4 is 5.73 Å². The van der Waals surface area contributed by atoms with E-state index in [1.54, 1.807) is 18.2 Å². The van der Waals surface area contributed by atoms with Crippen molar-refractivity contribution in [1.29, 1.82) is 0 Å². The summed E-state index contributed by atoms with van der Waals surface area (Å²) in [5.74, 6) is -0.792. The van der Waals surface area contributed by atoms with E-state index >= 15 is 0 Å². The highest BCUT2D eigenvalue weighted by Crippen LogP contribution is 2.20. The molecule has 2 N–H and O–H groups in total. The van der Waals surface area contributed by atoms with Crippen molar-refractivity contribution in [2.45, 2.75) is 6.92 Å². The topological polar surface area (TPSA) is 43.1 Å². The summed E-state index contributed by atoms with van der Waals surface area (Å²) in [5, 5.41) is 0. The number of ketones is 1. The van der Waals surface area contributed by atoms with Gasteiger partial charge in [0.05, 0.1) is 5.69 Å². The third-order valence-corrected chi connectivity index (χ3v) is 3.57. The van der Waals surface area contributed by atoms with Crippen molar-refractivity contribution in [3.05, 3.63) is 63.4 Å². The summed E-state index contributed by atoms with van der Waals surface area (Å²) in [5.41, 5.74) is 7.20. The molecule has 0 aliphatic carbocycles. The van der Waals surface area contributed by atoms with E-state index in [4.69, 9.17) is 5.73 Å². The Morgan fingerprint density at radius 2 is 1.78 bits per heavy atom. The minimum Gasteiger partial charge on any atom is -0.396 e. The van der Waals surface area contributed by atoms with E-state index in [2.05, 4.69) is 15.9 Å². The maximum absolute atomic E-state index is 13.3. The Morgan fingerprint density at radius 3 is 2.39 bits per heavy atom. The average molecular weight is 308 g/mol. The lowest BCUT2D eigenvalue weighted by atomic mass is 10.0. The Labute approximate surface area is 113 Å². The molecule has 0 aliphatic heterocycles. The quantitative estimate of drug-likeness (QED) is 0.679. The molecule has 18 heavy (non-hydrogen) atoms. The van der Waals surface area contributed by atoms with Gasteiger partial charge >= 0.3 is 0 Å². The number of halogens is 2. The lowest BCUT2D eigenvalue weighted by Crippen LogP contribution is -2.03. The maximum atomic E-state index is 13.3. The van der Waals surface area contributed by atoms with Crippen LogP contribution in [-0.2, 0) is 0 Å². The molecule has 0 atom stereocenters. The van der Waals surface area contributed by atoms with Gasteiger partial charge in [-0.2, -0.15) is 0 Å². The van der Waals surface area contributed by atoms with E-state index in [0.29, 0.717) is 11.1 Å². The Bertz CT molecular complexity index is 572. The zero-order valence-electron chi connectivity index (χ0n) is 9.71. The summed E-state index contributed by atoms with van der Waals surface area (Å²) in [6, 6.07) is 9.35. The molecule has 0 saturated carbocycles. The first-order chi connectivity index (χ1) is 8.49. The molecule has 0 heterocycles. The van der Waals surface area contributed by atoms with Crippen molar-refractivity contribution < 1.29 is 9.18 Å². The number of hydrogen-bond donors (Lipinski definition) is 1. The molecule has 0 aliphatic rings. The second kappa shape index (κ2) is 4.90. The zero-order chi connectivity index (χ0) is 13.3. The number of benzene rings is 2. The molecule has 0 bridgehead atoms. The van der Waals surface area contributed by atoms with Gasteiger partial charge in [0, 0.05) is 15.6 Å². The summed E-state index contributed by atoms with van der Waals surface area (Å²) in [4.78, 5) is 12.2. The molecule has 0 radical (unpaired) electrons. The Morgan fingerprint density at radius 1 is 1.17 bits per heavy atom. The van der Waals surface area contributed by atoms with Crippen LogP contribution in [0.4, 0.5) is 10.1 Å². The number of aryl methyl sites for hydroxylation is 1. The van der Waals surface area contributed by atoms with Crippen molar-refractivity contribution in [2.24, 2.45) is 0 Å². The largest absolute Gasteiger partial charge is 0.396 e. The Kier molecular flexibility index (Phi) is 3.48. The Hall–Kier alpha value is -1.68. The molecule has 2 rings (SSSR count). The number of rotatable bonds is 2. The van der Waals surface area contributed by atoms with E-state index in [1.165, 1.54) is 12.1 Å². The fraction of sp³-hybridized carbons (Fsp3) is 0.0714. The molecule has 2 aromatic carbocycles. The van der Waals surface area contributed by atoms with E-state index < -0.39 is 5.82 Å². The third-order valence-electron chi connectivity index (χ3n) is 2.68. The van der Waals surface area contributed by atoms with Crippen LogP contribution >= 0.6 is 15.9 Å². The lowest BCUT2D eigenvalue weighted by molar-refractivity contribution is 0.103. The van der Waals surface area contributed by atoms with Gasteiger partial charge in [0.25, 0.3) is 0 Å². The average Bonchev–Trinajstić information content (AvgIpc) is 2.35. The fourth-order valence-corrected chi connectivity index (χ4v) is 1.87. The molecule has 0 amide bonds. The van der Waals surface area contributed by atoms with Crippen LogP contribution in [0.25, 0.3) is 0 Å². The SMILES string of the molecule is Cc1cc(C(=O)c2ccc(N)c(F)c2)ccc1Br. The van der Waals surface area contributed by atoms with E-state index in [9.17, 15) is 9.18 Å². The van der Waals surface area contributed by atoms with Crippen molar-refractivity contribution in [3.8, 4) is 0 Å². The smallest absolute Gasteiger partial charge is 0.193 e. The standard InChI is InChI=1S/C14H11BrFNO/c1-8-6-9(2-4-11(8)15)14(18)10-3-5-13(17)12(16)7-10/h2-7H,17H2,1H3. The van der Waals surface area contributed by atoms with E-state index in [0.717, 1.165) is 16.1 Å². The fourth-order valence-electron chi connectivity index (χ4n) is 1.62. The van der Waals surface area contributed by atoms with Crippen LogP contribution in [0, 0.1) is 12.7 Å². The highest BCUT2D eigenvalue weighted by molar-refractivity contribution is 9.10. The van der Waals surface area contributed by atoms with Gasteiger partial charge < -0.3 is 5.73 Å². The van der Waals surface area contributed by atoms with Gasteiger partial charge in [0.15, 0.2) is 5.78 Å². The predicted octanol–water partition coefficient (Wildman–Crippen LogP) is 3.71. The van der Waals surface area contributed by atoms with Gasteiger partial charge in [-0.15, -0.1) is 0 Å². The van der Waals surface area contributed by atoms with Crippen molar-refractivity contribution >= 4 is 27.4 Å². The van der Waals surface area contributed by atoms with Gasteiger partial charge in [-0.25, -0.2) is 4.39 Å². The molecule has 0 aromatic heterocycles. The minimum absolute atomic E-state index is 0.0403. The monoisotopic (exact) mass is 307 g/mol. The number of nitrogens with two attached hydrogens (primary N) is 1. The summed E-state index contributed by atoms with van der Waals surface area (Å²) < 4.78 is 14.2. The first kappa shape index (κ1) is 12.8. The molecule has 0 unspecified atom stereocenters. The third kappa shape index (κ3) is 2.43. The van der Waals surface area contributed by atoms with Crippen LogP contribution in [0.2, 0.25) is 0 Å². The number of hydrogen-bond acceptors (Lipinski definition) is 2. The van der Waals surface area contributed by atoms with E-state index in [-0.39, 0.29) is 11.5 Å². The van der Waals surface area contributed by atoms with Gasteiger partial charge in [-0.3, -0.25) is 4.79 Å². The summed E-state index contributed by atoms with van der Waals surface area (Å²) in [7, 11) is 0. The maximum Gasteiger partial charge on any atom is 0.193 e. The van der Waals surface area contributed by atoms with Gasteiger partial charge in [-0.05, 0) is 48.9 Å². The molecule has 2 nitrogen and oxygen atoms in total. The summed E-state index contributed by atoms with van der Waals surface area (Å²) >= 11 is 3.37. The first-order valence-electron chi connectivity index (χ1n) is 5.35. The molecule has 0 fully saturated rings. The second-order valence-electron chi connectivity index (χ2n) is 4.03. The molecular weight excluding hydrogens is 297 g/mol. The molecule has 4 heteroatoms. The summed E-state index contributed by atoms with van der Waals surface area (Å²) in [6.07, 6.45) is 0. The van der Waals surface area contributed by atoms with Crippen LogP contribution in [-0.4, -0.2) is 5.78 Å². The van der Waals surface area contributed by atoms with Crippen LogP contribution in [0.3, 0.4) is 0 Å². The lowest BCUT2D eigenvalue weighted by Gasteiger charge is -2.05. The molecule has 92 valence electrons. The summed E-state index contributed by atoms with van der Waals surface area (Å²) in [6.45, 7) is 1.89. The van der Waals surface area contributed by atoms with E-state index in [1.807, 2.05) is 6.92 Å². The zero-order valence-corrected chi connectivity index (χ0v) is 11.3. The number of carbonyl (C=O) groups is 1. The highest BCUT2D eigenvalue weighted by Gasteiger charge is 2.11. The first-order valence-corrected chi connectivity index (χ1v) is 6.14. The highest BCUT2D eigenvalue weighted by atomic mass is 79.9. The van der Waals surface area contributed by atoms with Crippen molar-refractivity contribution in [1.82, 2.24) is 0 Å². The molecule has 0 spiro atoms. The normalized spacial score (nSPS) is 10.4. The van der Waals surface area contributed by atoms with Crippen molar-refractivity contribution in [2.75, 3.05) is 5.73 Å². The van der Waals surface area contributed by atoms with Gasteiger partial charge in [-0.1, -0.05) is 15.9 Å². The minimum atomic E-state index is -0.574. The molecule has 0 saturated heterocycles. The number of nitrogen functional groups attached to an aromatic ring is 1. The Balaban J connectivity index is 2.41. The molecular formula is C14H11BrFNO. The van der Waals surface area contributed by atoms with Crippen molar-refractivity contribution in [3.63, 3.8) is 0 Å².